The van der Waals surface area contributed by atoms with Crippen molar-refractivity contribution in [1.82, 2.24) is 10.2 Å². The van der Waals surface area contributed by atoms with E-state index >= 15 is 0 Å². The van der Waals surface area contributed by atoms with Gasteiger partial charge in [0.15, 0.2) is 0 Å². The van der Waals surface area contributed by atoms with E-state index in [0.29, 0.717) is 23.6 Å². The molecule has 1 saturated carbocycles. The van der Waals surface area contributed by atoms with E-state index in [2.05, 4.69) is 37.9 Å². The molecule has 1 aliphatic carbocycles. The Bertz CT molecular complexity index is 298. The van der Waals surface area contributed by atoms with Gasteiger partial charge in [0.05, 0.1) is 12.7 Å². The Kier molecular flexibility index (Phi) is 6.51. The summed E-state index contributed by atoms with van der Waals surface area (Å²) in [6.07, 6.45) is 8.35. The van der Waals surface area contributed by atoms with E-state index in [1.807, 2.05) is 0 Å². The summed E-state index contributed by atoms with van der Waals surface area (Å²) in [6.45, 7) is 13.8. The molecule has 1 N–H and O–H groups in total. The lowest BCUT2D eigenvalue weighted by atomic mass is 9.84. The summed E-state index contributed by atoms with van der Waals surface area (Å²) < 4.78 is 5.99. The molecule has 1 saturated heterocycles. The van der Waals surface area contributed by atoms with Gasteiger partial charge in [-0.05, 0) is 37.6 Å². The molecule has 3 unspecified atom stereocenters. The summed E-state index contributed by atoms with van der Waals surface area (Å²) in [5.74, 6) is 0. The maximum atomic E-state index is 5.99. The molecule has 124 valence electrons. The molecule has 2 fully saturated rings. The number of hydrogen-bond acceptors (Lipinski definition) is 3. The molecule has 3 nitrogen and oxygen atoms in total. The highest BCUT2D eigenvalue weighted by Crippen LogP contribution is 2.29. The van der Waals surface area contributed by atoms with Gasteiger partial charge in [-0.15, -0.1) is 0 Å². The fourth-order valence-electron chi connectivity index (χ4n) is 3.91. The molecule has 3 atom stereocenters. The lowest BCUT2D eigenvalue weighted by Gasteiger charge is -2.45. The third kappa shape index (κ3) is 4.94. The summed E-state index contributed by atoms with van der Waals surface area (Å²) >= 11 is 0. The summed E-state index contributed by atoms with van der Waals surface area (Å²) in [4.78, 5) is 2.72. The summed E-state index contributed by atoms with van der Waals surface area (Å²) in [5.41, 5.74) is 0.341. The zero-order valence-electron chi connectivity index (χ0n) is 14.7. The minimum Gasteiger partial charge on any atom is -0.375 e. The van der Waals surface area contributed by atoms with Crippen LogP contribution in [0.4, 0.5) is 0 Å². The Morgan fingerprint density at radius 3 is 2.71 bits per heavy atom. The van der Waals surface area contributed by atoms with Crippen LogP contribution in [0.5, 0.6) is 0 Å². The highest BCUT2D eigenvalue weighted by Gasteiger charge is 2.34. The Hall–Kier alpha value is -0.120. The van der Waals surface area contributed by atoms with Gasteiger partial charge < -0.3 is 10.1 Å². The number of morpholine rings is 1. The third-order valence-corrected chi connectivity index (χ3v) is 5.24. The van der Waals surface area contributed by atoms with Crippen LogP contribution in [0.1, 0.15) is 66.2 Å². The predicted molar refractivity (Wildman–Crippen MR) is 89.7 cm³/mol. The van der Waals surface area contributed by atoms with Gasteiger partial charge >= 0.3 is 0 Å². The Morgan fingerprint density at radius 2 is 2.00 bits per heavy atom. The molecular weight excluding hydrogens is 260 g/mol. The van der Waals surface area contributed by atoms with Crippen molar-refractivity contribution >= 4 is 0 Å². The Balaban J connectivity index is 1.86. The van der Waals surface area contributed by atoms with E-state index in [0.717, 1.165) is 19.7 Å². The molecule has 0 aromatic rings. The number of rotatable bonds is 6. The molecule has 0 bridgehead atoms. The molecule has 0 aromatic carbocycles. The van der Waals surface area contributed by atoms with Crippen molar-refractivity contribution in [3.63, 3.8) is 0 Å². The second kappa shape index (κ2) is 7.94. The van der Waals surface area contributed by atoms with Crippen molar-refractivity contribution in [3.8, 4) is 0 Å². The van der Waals surface area contributed by atoms with Crippen molar-refractivity contribution in [1.29, 1.82) is 0 Å². The van der Waals surface area contributed by atoms with Crippen LogP contribution in [0.3, 0.4) is 0 Å². The fourth-order valence-corrected chi connectivity index (χ4v) is 3.91. The Labute approximate surface area is 131 Å². The minimum absolute atomic E-state index is 0.341. The first-order valence-corrected chi connectivity index (χ1v) is 9.11. The van der Waals surface area contributed by atoms with Crippen molar-refractivity contribution in [3.05, 3.63) is 0 Å². The Morgan fingerprint density at radius 1 is 1.24 bits per heavy atom. The lowest BCUT2D eigenvalue weighted by Crippen LogP contribution is -2.54. The van der Waals surface area contributed by atoms with Crippen LogP contribution < -0.4 is 5.32 Å². The fraction of sp³-hybridized carbons (Fsp3) is 1.00. The van der Waals surface area contributed by atoms with E-state index in [9.17, 15) is 0 Å². The largest absolute Gasteiger partial charge is 0.375 e. The number of hydrogen-bond donors (Lipinski definition) is 1. The average Bonchev–Trinajstić information content (AvgIpc) is 2.46. The summed E-state index contributed by atoms with van der Waals surface area (Å²) in [5, 5.41) is 3.76. The number of ether oxygens (including phenoxy) is 1. The zero-order valence-corrected chi connectivity index (χ0v) is 14.7. The summed E-state index contributed by atoms with van der Waals surface area (Å²) in [6, 6.07) is 1.31. The highest BCUT2D eigenvalue weighted by molar-refractivity contribution is 4.89. The monoisotopic (exact) mass is 296 g/mol. The first kappa shape index (κ1) is 17.2. The maximum Gasteiger partial charge on any atom is 0.0730 e. The molecule has 2 rings (SSSR count). The van der Waals surface area contributed by atoms with Gasteiger partial charge in [0, 0.05) is 25.2 Å². The van der Waals surface area contributed by atoms with Crippen molar-refractivity contribution in [2.45, 2.75) is 84.4 Å². The van der Waals surface area contributed by atoms with Gasteiger partial charge in [-0.2, -0.15) is 0 Å². The van der Waals surface area contributed by atoms with Crippen LogP contribution in [0.25, 0.3) is 0 Å². The second-order valence-electron chi connectivity index (χ2n) is 7.96. The number of nitrogens with one attached hydrogen (secondary N) is 1. The van der Waals surface area contributed by atoms with Crippen molar-refractivity contribution < 1.29 is 4.74 Å². The van der Waals surface area contributed by atoms with E-state index < -0.39 is 0 Å². The van der Waals surface area contributed by atoms with Crippen molar-refractivity contribution in [2.24, 2.45) is 5.41 Å². The van der Waals surface area contributed by atoms with Crippen LogP contribution in [0, 0.1) is 5.41 Å². The topological polar surface area (TPSA) is 24.5 Å². The second-order valence-corrected chi connectivity index (χ2v) is 7.96. The molecule has 1 heterocycles. The van der Waals surface area contributed by atoms with Crippen LogP contribution in [-0.4, -0.2) is 49.3 Å². The molecule has 0 spiro atoms. The van der Waals surface area contributed by atoms with E-state index in [1.165, 1.54) is 45.1 Å². The third-order valence-electron chi connectivity index (χ3n) is 5.24. The van der Waals surface area contributed by atoms with E-state index in [-0.39, 0.29) is 0 Å². The van der Waals surface area contributed by atoms with Gasteiger partial charge in [-0.25, -0.2) is 0 Å². The summed E-state index contributed by atoms with van der Waals surface area (Å²) in [7, 11) is 0. The highest BCUT2D eigenvalue weighted by atomic mass is 16.5. The average molecular weight is 296 g/mol. The standard InChI is InChI=1S/C18H36N2O/c1-5-11-19-17(18(2,3)4)10-12-20-13-14-21-16-9-7-6-8-15(16)20/h15-17,19H,5-14H2,1-4H3. The number of nitrogens with zero attached hydrogens (tertiary/aromatic N) is 1. The van der Waals surface area contributed by atoms with E-state index in [1.54, 1.807) is 0 Å². The van der Waals surface area contributed by atoms with Gasteiger partial charge in [-0.1, -0.05) is 40.5 Å². The van der Waals surface area contributed by atoms with Gasteiger partial charge in [0.25, 0.3) is 0 Å². The SMILES string of the molecule is CCCNC(CCN1CCOC2CCCCC21)C(C)(C)C. The van der Waals surface area contributed by atoms with E-state index in [4.69, 9.17) is 4.74 Å². The molecule has 0 aromatic heterocycles. The van der Waals surface area contributed by atoms with Crippen LogP contribution in [0.15, 0.2) is 0 Å². The van der Waals surface area contributed by atoms with Gasteiger partial charge in [0.1, 0.15) is 0 Å². The molecule has 1 aliphatic heterocycles. The first-order valence-electron chi connectivity index (χ1n) is 9.11. The molecule has 0 amide bonds. The quantitative estimate of drug-likeness (QED) is 0.812. The van der Waals surface area contributed by atoms with Crippen LogP contribution in [0.2, 0.25) is 0 Å². The van der Waals surface area contributed by atoms with Crippen molar-refractivity contribution in [2.75, 3.05) is 26.2 Å². The normalized spacial score (nSPS) is 29.1. The zero-order chi connectivity index (χ0) is 15.3. The molecule has 21 heavy (non-hydrogen) atoms. The van der Waals surface area contributed by atoms with Gasteiger partial charge in [-0.3, -0.25) is 4.90 Å². The minimum atomic E-state index is 0.341. The van der Waals surface area contributed by atoms with Gasteiger partial charge in [0.2, 0.25) is 0 Å². The van der Waals surface area contributed by atoms with Crippen LogP contribution in [-0.2, 0) is 4.74 Å². The maximum absolute atomic E-state index is 5.99. The molecular formula is C18H36N2O. The van der Waals surface area contributed by atoms with Crippen LogP contribution >= 0.6 is 0 Å². The number of fused-ring (bicyclic) bond motifs is 1. The lowest BCUT2D eigenvalue weighted by molar-refractivity contribution is -0.0893. The molecule has 3 heteroatoms. The first-order chi connectivity index (χ1) is 10.0. The smallest absolute Gasteiger partial charge is 0.0730 e. The molecule has 0 radical (unpaired) electrons. The predicted octanol–water partition coefficient (Wildman–Crippen LogP) is 3.43. The molecule has 2 aliphatic rings.